The number of allylic oxidation sites excluding steroid dienone is 2. The maximum absolute atomic E-state index is 13.1. The quantitative estimate of drug-likeness (QED) is 0.211. The van der Waals surface area contributed by atoms with Crippen molar-refractivity contribution < 1.29 is 29.0 Å². The van der Waals surface area contributed by atoms with Crippen LogP contribution >= 0.6 is 0 Å². The molecule has 0 saturated heterocycles. The highest BCUT2D eigenvalue weighted by atomic mass is 16.6. The Morgan fingerprint density at radius 1 is 1.19 bits per heavy atom. The molecule has 2 unspecified atom stereocenters. The molecule has 1 aromatic rings. The lowest BCUT2D eigenvalue weighted by molar-refractivity contribution is -0.144. The first kappa shape index (κ1) is 24.1. The number of carboxylic acids is 1. The van der Waals surface area contributed by atoms with Gasteiger partial charge in [-0.15, -0.1) is 0 Å². The maximum Gasteiger partial charge on any atom is 0.336 e. The van der Waals surface area contributed by atoms with Gasteiger partial charge in [-0.3, -0.25) is 10.2 Å². The van der Waals surface area contributed by atoms with Crippen molar-refractivity contribution in [3.05, 3.63) is 57.9 Å². The van der Waals surface area contributed by atoms with Crippen LogP contribution in [0.25, 0.3) is 0 Å². The van der Waals surface area contributed by atoms with Crippen molar-refractivity contribution in [2.75, 3.05) is 13.7 Å². The number of rotatable bonds is 8. The summed E-state index contributed by atoms with van der Waals surface area (Å²) in [5, 5.41) is 12.8. The average Bonchev–Trinajstić information content (AvgIpc) is 2.72. The summed E-state index contributed by atoms with van der Waals surface area (Å²) in [7, 11) is 1.54. The number of hydrazine groups is 1. The van der Waals surface area contributed by atoms with Crippen molar-refractivity contribution in [3.8, 4) is 0 Å². The Bertz CT molecular complexity index is 935. The van der Waals surface area contributed by atoms with Gasteiger partial charge in [0.1, 0.15) is 6.61 Å². The van der Waals surface area contributed by atoms with Crippen LogP contribution in [0, 0.1) is 5.92 Å². The number of nitrogens with two attached hydrogens (primary N) is 1. The molecule has 2 atom stereocenters. The standard InChI is InChI=1S/C22H29N3O6/c1-11(2)16(30-5)10-31-22(29)18-13(4)24-12(3)17(21(27)28)19(18)14-7-6-8-15(9-14)20(26)25-23/h6-9,11,16,19,24H,10,23H2,1-5H3,(H,25,26)(H,27,28). The maximum atomic E-state index is 13.1. The molecular formula is C22H29N3O6. The molecule has 31 heavy (non-hydrogen) atoms. The smallest absolute Gasteiger partial charge is 0.336 e. The van der Waals surface area contributed by atoms with E-state index >= 15 is 0 Å². The number of benzene rings is 1. The second-order valence-corrected chi connectivity index (χ2v) is 7.66. The van der Waals surface area contributed by atoms with Crippen LogP contribution in [0.15, 0.2) is 46.8 Å². The third-order valence-corrected chi connectivity index (χ3v) is 5.25. The number of carbonyl (C=O) groups excluding carboxylic acids is 2. The van der Waals surface area contributed by atoms with Crippen molar-refractivity contribution in [2.24, 2.45) is 11.8 Å². The van der Waals surface area contributed by atoms with E-state index in [1.165, 1.54) is 13.2 Å². The summed E-state index contributed by atoms with van der Waals surface area (Å²) in [6.07, 6.45) is -0.298. The predicted octanol–water partition coefficient (Wildman–Crippen LogP) is 1.82. The summed E-state index contributed by atoms with van der Waals surface area (Å²) in [6.45, 7) is 7.22. The number of methoxy groups -OCH3 is 1. The van der Waals surface area contributed by atoms with Crippen LogP contribution in [0.2, 0.25) is 0 Å². The Hall–Kier alpha value is -3.17. The van der Waals surface area contributed by atoms with Crippen LogP contribution in [0.4, 0.5) is 0 Å². The normalized spacial score (nSPS) is 17.3. The molecule has 1 heterocycles. The van der Waals surface area contributed by atoms with Gasteiger partial charge in [0.15, 0.2) is 0 Å². The molecule has 0 spiro atoms. The second kappa shape index (κ2) is 10.2. The van der Waals surface area contributed by atoms with Crippen LogP contribution in [-0.4, -0.2) is 42.8 Å². The summed E-state index contributed by atoms with van der Waals surface area (Å²) < 4.78 is 10.9. The third kappa shape index (κ3) is 5.31. The fourth-order valence-corrected chi connectivity index (χ4v) is 3.59. The van der Waals surface area contributed by atoms with E-state index < -0.39 is 23.8 Å². The Balaban J connectivity index is 2.52. The predicted molar refractivity (Wildman–Crippen MR) is 114 cm³/mol. The molecule has 0 aliphatic carbocycles. The second-order valence-electron chi connectivity index (χ2n) is 7.66. The minimum absolute atomic E-state index is 0.00462. The van der Waals surface area contributed by atoms with Crippen molar-refractivity contribution in [2.45, 2.75) is 39.7 Å². The number of ether oxygens (including phenoxy) is 2. The zero-order chi connectivity index (χ0) is 23.3. The molecule has 0 bridgehead atoms. The number of nitrogen functional groups attached to an aromatic ring is 1. The number of hydrogen-bond donors (Lipinski definition) is 4. The third-order valence-electron chi connectivity index (χ3n) is 5.25. The Labute approximate surface area is 181 Å². The van der Waals surface area contributed by atoms with Crippen molar-refractivity contribution in [3.63, 3.8) is 0 Å². The van der Waals surface area contributed by atoms with Gasteiger partial charge in [0, 0.05) is 24.1 Å². The van der Waals surface area contributed by atoms with Gasteiger partial charge in [0.25, 0.3) is 5.91 Å². The number of aliphatic carboxylic acids is 1. The minimum atomic E-state index is -1.18. The van der Waals surface area contributed by atoms with Crippen LogP contribution in [0.3, 0.4) is 0 Å². The highest BCUT2D eigenvalue weighted by Crippen LogP contribution is 2.39. The van der Waals surface area contributed by atoms with E-state index in [0.717, 1.165) is 0 Å². The highest BCUT2D eigenvalue weighted by molar-refractivity contribution is 6.00. The Morgan fingerprint density at radius 2 is 1.84 bits per heavy atom. The van der Waals surface area contributed by atoms with E-state index in [0.29, 0.717) is 17.0 Å². The molecule has 0 radical (unpaired) electrons. The summed E-state index contributed by atoms with van der Waals surface area (Å²) >= 11 is 0. The molecule has 0 aromatic heterocycles. The fourth-order valence-electron chi connectivity index (χ4n) is 3.59. The van der Waals surface area contributed by atoms with E-state index in [9.17, 15) is 19.5 Å². The lowest BCUT2D eigenvalue weighted by Crippen LogP contribution is -2.34. The van der Waals surface area contributed by atoms with E-state index in [2.05, 4.69) is 5.32 Å². The number of carboxylic acid groups (broad SMARTS) is 1. The van der Waals surface area contributed by atoms with Crippen molar-refractivity contribution in [1.29, 1.82) is 0 Å². The first-order chi connectivity index (χ1) is 14.6. The van der Waals surface area contributed by atoms with Crippen LogP contribution in [-0.2, 0) is 19.1 Å². The SMILES string of the molecule is COC(COC(=O)C1=C(C)NC(C)=C(C(=O)O)C1c1cccc(C(=O)NN)c1)C(C)C. The molecule has 5 N–H and O–H groups in total. The van der Waals surface area contributed by atoms with E-state index in [4.69, 9.17) is 15.3 Å². The molecule has 0 saturated carbocycles. The number of nitrogens with one attached hydrogen (secondary N) is 2. The topological polar surface area (TPSA) is 140 Å². The molecule has 9 heteroatoms. The number of amides is 1. The van der Waals surface area contributed by atoms with Crippen molar-refractivity contribution in [1.82, 2.24) is 10.7 Å². The van der Waals surface area contributed by atoms with Gasteiger partial charge in [-0.25, -0.2) is 15.4 Å². The summed E-state index contributed by atoms with van der Waals surface area (Å²) in [5.41, 5.74) is 3.78. The largest absolute Gasteiger partial charge is 0.478 e. The van der Waals surface area contributed by atoms with Crippen molar-refractivity contribution >= 4 is 17.8 Å². The van der Waals surface area contributed by atoms with Crippen LogP contribution in [0.5, 0.6) is 0 Å². The van der Waals surface area contributed by atoms with Gasteiger partial charge < -0.3 is 19.9 Å². The zero-order valence-corrected chi connectivity index (χ0v) is 18.3. The molecule has 1 amide bonds. The summed E-state index contributed by atoms with van der Waals surface area (Å²) in [5.74, 6) is 2.05. The van der Waals surface area contributed by atoms with Crippen LogP contribution < -0.4 is 16.6 Å². The molecule has 9 nitrogen and oxygen atoms in total. The molecule has 1 aliphatic rings. The molecule has 168 valence electrons. The first-order valence-electron chi connectivity index (χ1n) is 9.85. The van der Waals surface area contributed by atoms with Gasteiger partial charge in [0.2, 0.25) is 0 Å². The number of dihydropyridines is 1. The zero-order valence-electron chi connectivity index (χ0n) is 18.3. The van der Waals surface area contributed by atoms with Gasteiger partial charge in [-0.1, -0.05) is 26.0 Å². The fraction of sp³-hybridized carbons (Fsp3) is 0.409. The average molecular weight is 431 g/mol. The first-order valence-corrected chi connectivity index (χ1v) is 9.85. The summed E-state index contributed by atoms with van der Waals surface area (Å²) in [6, 6.07) is 6.33. The Kier molecular flexibility index (Phi) is 7.95. The number of carbonyl (C=O) groups is 3. The number of esters is 1. The highest BCUT2D eigenvalue weighted by Gasteiger charge is 2.37. The molecular weight excluding hydrogens is 402 g/mol. The molecule has 1 aromatic carbocycles. The van der Waals surface area contributed by atoms with Gasteiger partial charge in [-0.2, -0.15) is 0 Å². The van der Waals surface area contributed by atoms with Gasteiger partial charge >= 0.3 is 11.9 Å². The van der Waals surface area contributed by atoms with Gasteiger partial charge in [-0.05, 0) is 37.5 Å². The van der Waals surface area contributed by atoms with E-state index in [1.54, 1.807) is 32.0 Å². The van der Waals surface area contributed by atoms with E-state index in [-0.39, 0.29) is 35.3 Å². The lowest BCUT2D eigenvalue weighted by Gasteiger charge is -2.30. The molecule has 1 aliphatic heterocycles. The van der Waals surface area contributed by atoms with Crippen LogP contribution in [0.1, 0.15) is 49.5 Å². The van der Waals surface area contributed by atoms with Gasteiger partial charge in [0.05, 0.1) is 23.2 Å². The summed E-state index contributed by atoms with van der Waals surface area (Å²) in [4.78, 5) is 37.2. The number of hydrogen-bond acceptors (Lipinski definition) is 7. The monoisotopic (exact) mass is 431 g/mol. The molecule has 2 rings (SSSR count). The molecule has 0 fully saturated rings. The van der Waals surface area contributed by atoms with E-state index in [1.807, 2.05) is 19.3 Å². The minimum Gasteiger partial charge on any atom is -0.478 e. The lowest BCUT2D eigenvalue weighted by atomic mass is 9.80. The Morgan fingerprint density at radius 3 is 2.39 bits per heavy atom.